The van der Waals surface area contributed by atoms with Crippen LogP contribution < -0.4 is 0 Å². The van der Waals surface area contributed by atoms with E-state index in [0.717, 1.165) is 22.4 Å². The molecule has 168 valence electrons. The lowest BCUT2D eigenvalue weighted by Gasteiger charge is -2.26. The van der Waals surface area contributed by atoms with Crippen molar-refractivity contribution in [3.05, 3.63) is 40.8 Å². The minimum atomic E-state index is -3.71. The van der Waals surface area contributed by atoms with Crippen LogP contribution in [0, 0.1) is 6.92 Å². The van der Waals surface area contributed by atoms with Crippen molar-refractivity contribution in [3.8, 4) is 10.4 Å². The molecule has 31 heavy (non-hydrogen) atoms. The Balaban J connectivity index is 1.73. The smallest absolute Gasteiger partial charge is 0.253 e. The maximum absolute atomic E-state index is 13.4. The minimum absolute atomic E-state index is 0.113. The lowest BCUT2D eigenvalue weighted by molar-refractivity contribution is 0.0730. The van der Waals surface area contributed by atoms with E-state index in [1.54, 1.807) is 23.5 Å². The molecule has 2 aliphatic rings. The second-order valence-corrected chi connectivity index (χ2v) is 11.3. The molecule has 4 rings (SSSR count). The van der Waals surface area contributed by atoms with E-state index in [9.17, 15) is 13.2 Å². The molecule has 0 radical (unpaired) electrons. The number of aryl methyl sites for hydroxylation is 1. The van der Waals surface area contributed by atoms with Crippen molar-refractivity contribution in [3.63, 3.8) is 0 Å². The Kier molecular flexibility index (Phi) is 6.50. The van der Waals surface area contributed by atoms with E-state index >= 15 is 0 Å². The minimum Gasteiger partial charge on any atom is -0.379 e. The number of carbonyl (C=O) groups excluding carboxylic acids is 1. The van der Waals surface area contributed by atoms with Crippen molar-refractivity contribution in [2.45, 2.75) is 24.3 Å². The molecule has 7 nitrogen and oxygen atoms in total. The maximum Gasteiger partial charge on any atom is 0.253 e. The highest BCUT2D eigenvalue weighted by atomic mass is 32.2. The molecule has 0 N–H and O–H groups in total. The Morgan fingerprint density at radius 3 is 2.48 bits per heavy atom. The van der Waals surface area contributed by atoms with E-state index in [0.29, 0.717) is 51.0 Å². The molecule has 0 bridgehead atoms. The number of hydrogen-bond donors (Lipinski definition) is 0. The van der Waals surface area contributed by atoms with Gasteiger partial charge in [-0.05, 0) is 68.2 Å². The molecule has 1 aromatic carbocycles. The molecular formula is C22H29N3O4S2. The molecule has 2 saturated heterocycles. The number of benzene rings is 1. The van der Waals surface area contributed by atoms with E-state index in [2.05, 4.69) is 4.90 Å². The molecule has 9 heteroatoms. The van der Waals surface area contributed by atoms with Crippen LogP contribution in [0.2, 0.25) is 0 Å². The molecular weight excluding hydrogens is 434 g/mol. The first-order chi connectivity index (χ1) is 14.8. The number of sulfonamides is 1. The van der Waals surface area contributed by atoms with Gasteiger partial charge in [0.25, 0.3) is 5.91 Å². The van der Waals surface area contributed by atoms with Gasteiger partial charge >= 0.3 is 0 Å². The molecule has 1 aromatic heterocycles. The summed E-state index contributed by atoms with van der Waals surface area (Å²) in [5, 5.41) is 2.03. The summed E-state index contributed by atoms with van der Waals surface area (Å²) in [5.74, 6) is -0.113. The maximum atomic E-state index is 13.4. The molecule has 1 atom stereocenters. The summed E-state index contributed by atoms with van der Waals surface area (Å²) in [6.45, 7) is 4.75. The molecule has 0 saturated carbocycles. The fraction of sp³-hybridized carbons (Fsp3) is 0.500. The zero-order valence-corrected chi connectivity index (χ0v) is 19.8. The highest BCUT2D eigenvalue weighted by Crippen LogP contribution is 2.32. The largest absolute Gasteiger partial charge is 0.379 e. The number of likely N-dealkylation sites (N-methyl/N-ethyl adjacent to an activating group) is 1. The summed E-state index contributed by atoms with van der Waals surface area (Å²) in [5.41, 5.74) is 2.30. The van der Waals surface area contributed by atoms with E-state index < -0.39 is 10.0 Å². The third-order valence-corrected chi connectivity index (χ3v) is 8.93. The normalized spacial score (nSPS) is 20.5. The molecule has 0 unspecified atom stereocenters. The predicted molar refractivity (Wildman–Crippen MR) is 122 cm³/mol. The van der Waals surface area contributed by atoms with Crippen molar-refractivity contribution in [1.82, 2.24) is 14.1 Å². The van der Waals surface area contributed by atoms with Crippen LogP contribution in [0.25, 0.3) is 10.4 Å². The number of ether oxygens (including phenoxy) is 1. The number of hydrogen-bond acceptors (Lipinski definition) is 6. The Hall–Kier alpha value is -1.78. The summed E-state index contributed by atoms with van der Waals surface area (Å²) in [6, 6.07) is 7.41. The first kappa shape index (κ1) is 22.4. The van der Waals surface area contributed by atoms with Crippen LogP contribution in [0.4, 0.5) is 0 Å². The average molecular weight is 464 g/mol. The lowest BCUT2D eigenvalue weighted by Crippen LogP contribution is -2.40. The Bertz CT molecular complexity index is 1060. The molecule has 1 amide bonds. The topological polar surface area (TPSA) is 70.2 Å². The van der Waals surface area contributed by atoms with E-state index in [1.807, 2.05) is 43.4 Å². The number of nitrogens with zero attached hydrogens (tertiary/aromatic N) is 3. The van der Waals surface area contributed by atoms with Gasteiger partial charge < -0.3 is 14.5 Å². The zero-order chi connectivity index (χ0) is 22.2. The van der Waals surface area contributed by atoms with Crippen LogP contribution in [-0.2, 0) is 14.8 Å². The Morgan fingerprint density at radius 1 is 1.13 bits per heavy atom. The SMILES string of the molecule is Cc1csc(-c2cc(C(=O)N3CC[C@H](N(C)C)C3)cc(S(=O)(=O)N3CCOCC3)c2)c1. The van der Waals surface area contributed by atoms with Crippen LogP contribution in [0.5, 0.6) is 0 Å². The van der Waals surface area contributed by atoms with E-state index in [-0.39, 0.29) is 10.8 Å². The van der Waals surface area contributed by atoms with Crippen molar-refractivity contribution < 1.29 is 17.9 Å². The van der Waals surface area contributed by atoms with Crippen LogP contribution in [0.1, 0.15) is 22.3 Å². The first-order valence-corrected chi connectivity index (χ1v) is 12.8. The second kappa shape index (κ2) is 8.99. The van der Waals surface area contributed by atoms with Gasteiger partial charge in [-0.15, -0.1) is 11.3 Å². The van der Waals surface area contributed by atoms with Gasteiger partial charge in [0.1, 0.15) is 0 Å². The van der Waals surface area contributed by atoms with Gasteiger partial charge in [-0.2, -0.15) is 4.31 Å². The number of likely N-dealkylation sites (tertiary alicyclic amines) is 1. The summed E-state index contributed by atoms with van der Waals surface area (Å²) in [7, 11) is 0.328. The zero-order valence-electron chi connectivity index (χ0n) is 18.2. The van der Waals surface area contributed by atoms with E-state index in [4.69, 9.17) is 4.74 Å². The lowest BCUT2D eigenvalue weighted by atomic mass is 10.1. The van der Waals surface area contributed by atoms with Gasteiger partial charge in [-0.25, -0.2) is 8.42 Å². The van der Waals surface area contributed by atoms with Crippen LogP contribution in [-0.4, -0.2) is 88.0 Å². The van der Waals surface area contributed by atoms with Crippen molar-refractivity contribution in [1.29, 1.82) is 0 Å². The first-order valence-electron chi connectivity index (χ1n) is 10.5. The number of morpholine rings is 1. The summed E-state index contributed by atoms with van der Waals surface area (Å²) < 4.78 is 33.5. The number of rotatable bonds is 5. The van der Waals surface area contributed by atoms with Gasteiger partial charge in [0, 0.05) is 42.7 Å². The fourth-order valence-corrected chi connectivity index (χ4v) is 6.43. The Morgan fingerprint density at radius 2 is 1.87 bits per heavy atom. The molecule has 2 aliphatic heterocycles. The number of carbonyl (C=O) groups is 1. The fourth-order valence-electron chi connectivity index (χ4n) is 4.06. The predicted octanol–water partition coefficient (Wildman–Crippen LogP) is 2.52. The van der Waals surface area contributed by atoms with Crippen LogP contribution in [0.15, 0.2) is 34.5 Å². The van der Waals surface area contributed by atoms with Crippen molar-refractivity contribution in [2.75, 3.05) is 53.5 Å². The molecule has 2 fully saturated rings. The molecule has 2 aromatic rings. The number of amides is 1. The Labute approximate surface area is 188 Å². The second-order valence-electron chi connectivity index (χ2n) is 8.41. The molecule has 0 aliphatic carbocycles. The third kappa shape index (κ3) is 4.70. The summed E-state index contributed by atoms with van der Waals surface area (Å²) in [4.78, 5) is 18.4. The molecule has 3 heterocycles. The molecule has 0 spiro atoms. The van der Waals surface area contributed by atoms with Gasteiger partial charge in [0.15, 0.2) is 0 Å². The highest BCUT2D eigenvalue weighted by molar-refractivity contribution is 7.89. The van der Waals surface area contributed by atoms with Crippen molar-refractivity contribution >= 4 is 27.3 Å². The quantitative estimate of drug-likeness (QED) is 0.682. The van der Waals surface area contributed by atoms with Crippen LogP contribution in [0.3, 0.4) is 0 Å². The standard InChI is InChI=1S/C22H29N3O4S2/c1-16-10-21(30-15-16)17-11-18(22(26)24-5-4-19(14-24)23(2)3)13-20(12-17)31(27,28)25-6-8-29-9-7-25/h10-13,15,19H,4-9,14H2,1-3H3/t19-/m0/s1. The van der Waals surface area contributed by atoms with Gasteiger partial charge in [-0.3, -0.25) is 4.79 Å². The van der Waals surface area contributed by atoms with Crippen LogP contribution >= 0.6 is 11.3 Å². The van der Waals surface area contributed by atoms with E-state index in [1.165, 1.54) is 4.31 Å². The van der Waals surface area contributed by atoms with Gasteiger partial charge in [0.2, 0.25) is 10.0 Å². The third-order valence-electron chi connectivity index (χ3n) is 5.96. The number of thiophene rings is 1. The van der Waals surface area contributed by atoms with Gasteiger partial charge in [0.05, 0.1) is 18.1 Å². The van der Waals surface area contributed by atoms with Crippen molar-refractivity contribution in [2.24, 2.45) is 0 Å². The highest BCUT2D eigenvalue weighted by Gasteiger charge is 2.31. The summed E-state index contributed by atoms with van der Waals surface area (Å²) >= 11 is 1.55. The monoisotopic (exact) mass is 463 g/mol. The summed E-state index contributed by atoms with van der Waals surface area (Å²) in [6.07, 6.45) is 0.918. The van der Waals surface area contributed by atoms with Gasteiger partial charge in [-0.1, -0.05) is 0 Å². The average Bonchev–Trinajstić information content (AvgIpc) is 3.43.